The van der Waals surface area contributed by atoms with Crippen LogP contribution in [0.5, 0.6) is 0 Å². The lowest BCUT2D eigenvalue weighted by Crippen LogP contribution is -2.49. The van der Waals surface area contributed by atoms with E-state index in [0.29, 0.717) is 26.2 Å². The SMILES string of the molecule is CN(C)c1cnnc(N2CCN(S(=O)(=O)c3ccccc3C#N)CC2)c1. The molecule has 0 amide bonds. The van der Waals surface area contributed by atoms with Gasteiger partial charge >= 0.3 is 0 Å². The number of sulfonamides is 1. The highest BCUT2D eigenvalue weighted by Gasteiger charge is 2.30. The number of hydrogen-bond acceptors (Lipinski definition) is 7. The Morgan fingerprint density at radius 3 is 2.50 bits per heavy atom. The van der Waals surface area contributed by atoms with Gasteiger partial charge in [0.05, 0.1) is 22.3 Å². The molecule has 1 aromatic heterocycles. The first-order valence-corrected chi connectivity index (χ1v) is 9.62. The second-order valence-electron chi connectivity index (χ2n) is 6.17. The molecule has 0 N–H and O–H groups in total. The lowest BCUT2D eigenvalue weighted by molar-refractivity contribution is 0.383. The molecule has 8 nitrogen and oxygen atoms in total. The van der Waals surface area contributed by atoms with Crippen LogP contribution in [0.4, 0.5) is 11.5 Å². The monoisotopic (exact) mass is 372 g/mol. The van der Waals surface area contributed by atoms with Crippen molar-refractivity contribution in [2.45, 2.75) is 4.90 Å². The summed E-state index contributed by atoms with van der Waals surface area (Å²) in [5.74, 6) is 0.727. The van der Waals surface area contributed by atoms with E-state index in [1.165, 1.54) is 16.4 Å². The third kappa shape index (κ3) is 3.47. The van der Waals surface area contributed by atoms with Crippen LogP contribution in [-0.4, -0.2) is 63.2 Å². The molecule has 9 heteroatoms. The van der Waals surface area contributed by atoms with Crippen molar-refractivity contribution < 1.29 is 8.42 Å². The Kier molecular flexibility index (Phi) is 5.06. The van der Waals surface area contributed by atoms with Gasteiger partial charge in [0.2, 0.25) is 10.0 Å². The van der Waals surface area contributed by atoms with Crippen molar-refractivity contribution >= 4 is 21.5 Å². The summed E-state index contributed by atoms with van der Waals surface area (Å²) in [5, 5.41) is 17.4. The third-order valence-corrected chi connectivity index (χ3v) is 6.29. The predicted molar refractivity (Wildman–Crippen MR) is 98.5 cm³/mol. The van der Waals surface area contributed by atoms with Gasteiger partial charge in [0, 0.05) is 46.3 Å². The number of nitriles is 1. The molecule has 26 heavy (non-hydrogen) atoms. The van der Waals surface area contributed by atoms with Crippen molar-refractivity contribution in [3.8, 4) is 6.07 Å². The van der Waals surface area contributed by atoms with Gasteiger partial charge in [-0.05, 0) is 12.1 Å². The quantitative estimate of drug-likeness (QED) is 0.788. The molecule has 0 spiro atoms. The van der Waals surface area contributed by atoms with E-state index in [9.17, 15) is 13.7 Å². The summed E-state index contributed by atoms with van der Waals surface area (Å²) in [7, 11) is 0.165. The van der Waals surface area contributed by atoms with Crippen LogP contribution in [0.3, 0.4) is 0 Å². The molecule has 1 fully saturated rings. The van der Waals surface area contributed by atoms with Crippen molar-refractivity contribution in [3.05, 3.63) is 42.1 Å². The average molecular weight is 372 g/mol. The van der Waals surface area contributed by atoms with Crippen LogP contribution in [0.25, 0.3) is 0 Å². The minimum absolute atomic E-state index is 0.0605. The molecular formula is C17H20N6O2S. The summed E-state index contributed by atoms with van der Waals surface area (Å²) in [6.07, 6.45) is 1.68. The topological polar surface area (TPSA) is 93.4 Å². The maximum absolute atomic E-state index is 12.9. The number of benzene rings is 1. The van der Waals surface area contributed by atoms with Gasteiger partial charge in [-0.2, -0.15) is 14.7 Å². The molecule has 3 rings (SSSR count). The molecule has 0 saturated carbocycles. The molecule has 0 radical (unpaired) electrons. The lowest BCUT2D eigenvalue weighted by atomic mass is 10.2. The van der Waals surface area contributed by atoms with Crippen LogP contribution in [0.15, 0.2) is 41.4 Å². The van der Waals surface area contributed by atoms with Crippen LogP contribution in [0, 0.1) is 11.3 Å². The average Bonchev–Trinajstić information content (AvgIpc) is 2.68. The highest BCUT2D eigenvalue weighted by Crippen LogP contribution is 2.23. The van der Waals surface area contributed by atoms with Crippen molar-refractivity contribution in [2.24, 2.45) is 0 Å². The van der Waals surface area contributed by atoms with Gasteiger partial charge in [0.15, 0.2) is 5.82 Å². The Bertz CT molecular complexity index is 930. The van der Waals surface area contributed by atoms with Crippen LogP contribution in [0.1, 0.15) is 5.56 Å². The van der Waals surface area contributed by atoms with E-state index in [4.69, 9.17) is 0 Å². The van der Waals surface area contributed by atoms with E-state index in [1.807, 2.05) is 36.0 Å². The van der Waals surface area contributed by atoms with E-state index in [1.54, 1.807) is 18.3 Å². The minimum atomic E-state index is -3.69. The molecule has 0 aliphatic carbocycles. The van der Waals surface area contributed by atoms with Crippen LogP contribution >= 0.6 is 0 Å². The number of aromatic nitrogens is 2. The second-order valence-corrected chi connectivity index (χ2v) is 8.07. The zero-order valence-corrected chi connectivity index (χ0v) is 15.5. The molecule has 0 unspecified atom stereocenters. The Morgan fingerprint density at radius 2 is 1.85 bits per heavy atom. The molecule has 1 aromatic carbocycles. The smallest absolute Gasteiger partial charge is 0.244 e. The summed E-state index contributed by atoms with van der Waals surface area (Å²) in [6, 6.07) is 10.2. The van der Waals surface area contributed by atoms with Gasteiger partial charge in [-0.1, -0.05) is 12.1 Å². The normalized spacial score (nSPS) is 15.5. The van der Waals surface area contributed by atoms with Crippen LogP contribution in [-0.2, 0) is 10.0 Å². The Hall–Kier alpha value is -2.70. The third-order valence-electron chi connectivity index (χ3n) is 4.33. The molecule has 136 valence electrons. The number of rotatable bonds is 4. The molecule has 2 heterocycles. The van der Waals surface area contributed by atoms with Crippen molar-refractivity contribution in [1.29, 1.82) is 5.26 Å². The summed E-state index contributed by atoms with van der Waals surface area (Å²) in [4.78, 5) is 4.02. The minimum Gasteiger partial charge on any atom is -0.376 e. The second kappa shape index (κ2) is 7.27. The van der Waals surface area contributed by atoms with Gasteiger partial charge in [0.1, 0.15) is 6.07 Å². The first-order chi connectivity index (χ1) is 12.4. The van der Waals surface area contributed by atoms with E-state index in [0.717, 1.165) is 11.5 Å². The largest absolute Gasteiger partial charge is 0.376 e. The fourth-order valence-corrected chi connectivity index (χ4v) is 4.39. The summed E-state index contributed by atoms with van der Waals surface area (Å²) >= 11 is 0. The summed E-state index contributed by atoms with van der Waals surface area (Å²) in [5.41, 5.74) is 1.10. The van der Waals surface area contributed by atoms with E-state index < -0.39 is 10.0 Å². The molecule has 1 saturated heterocycles. The van der Waals surface area contributed by atoms with Crippen molar-refractivity contribution in [3.63, 3.8) is 0 Å². The maximum atomic E-state index is 12.9. The van der Waals surface area contributed by atoms with Gasteiger partial charge in [-0.3, -0.25) is 0 Å². The number of nitrogens with zero attached hydrogens (tertiary/aromatic N) is 6. The Morgan fingerprint density at radius 1 is 1.15 bits per heavy atom. The Balaban J connectivity index is 1.76. The number of hydrogen-bond donors (Lipinski definition) is 0. The highest BCUT2D eigenvalue weighted by molar-refractivity contribution is 7.89. The van der Waals surface area contributed by atoms with Crippen LogP contribution in [0.2, 0.25) is 0 Å². The zero-order valence-electron chi connectivity index (χ0n) is 14.7. The summed E-state index contributed by atoms with van der Waals surface area (Å²) in [6.45, 7) is 1.69. The molecule has 1 aliphatic heterocycles. The lowest BCUT2D eigenvalue weighted by Gasteiger charge is -2.34. The molecule has 1 aliphatic rings. The zero-order chi connectivity index (χ0) is 18.7. The first-order valence-electron chi connectivity index (χ1n) is 8.18. The number of anilines is 2. The molecule has 0 atom stereocenters. The van der Waals surface area contributed by atoms with Gasteiger partial charge in [0.25, 0.3) is 0 Å². The summed E-state index contributed by atoms with van der Waals surface area (Å²) < 4.78 is 27.2. The molecule has 2 aromatic rings. The van der Waals surface area contributed by atoms with Gasteiger partial charge < -0.3 is 9.80 Å². The molecule has 0 bridgehead atoms. The Labute approximate surface area is 153 Å². The van der Waals surface area contributed by atoms with Crippen molar-refractivity contribution in [2.75, 3.05) is 50.1 Å². The van der Waals surface area contributed by atoms with Gasteiger partial charge in [-0.15, -0.1) is 5.10 Å². The van der Waals surface area contributed by atoms with Crippen LogP contribution < -0.4 is 9.80 Å². The predicted octanol–water partition coefficient (Wildman–Crippen LogP) is 0.925. The van der Waals surface area contributed by atoms with Crippen molar-refractivity contribution in [1.82, 2.24) is 14.5 Å². The maximum Gasteiger partial charge on any atom is 0.244 e. The fraction of sp³-hybridized carbons (Fsp3) is 0.353. The van der Waals surface area contributed by atoms with E-state index in [2.05, 4.69) is 10.2 Å². The highest BCUT2D eigenvalue weighted by atomic mass is 32.2. The fourth-order valence-electron chi connectivity index (χ4n) is 2.83. The molecular weight excluding hydrogens is 352 g/mol. The van der Waals surface area contributed by atoms with E-state index in [-0.39, 0.29) is 10.5 Å². The standard InChI is InChI=1S/C17H20N6O2S/c1-21(2)15-11-17(20-19-13-15)22-7-9-23(10-8-22)26(24,25)16-6-4-3-5-14(16)12-18/h3-6,11,13H,7-10H2,1-2H3. The van der Waals surface area contributed by atoms with Gasteiger partial charge in [-0.25, -0.2) is 8.42 Å². The van der Waals surface area contributed by atoms with E-state index >= 15 is 0 Å². The number of piperazine rings is 1. The first kappa shape index (κ1) is 18.1.